The molecule has 8 nitrogen and oxygen atoms in total. The first kappa shape index (κ1) is 26.6. The van der Waals surface area contributed by atoms with Crippen molar-refractivity contribution in [1.82, 2.24) is 5.32 Å². The fraction of sp³-hybridized carbons (Fsp3) is 0.185. The quantitative estimate of drug-likeness (QED) is 0.137. The van der Waals surface area contributed by atoms with Crippen LogP contribution in [-0.4, -0.2) is 35.3 Å². The number of fused-ring (bicyclic) bond motifs is 1. The molecule has 0 saturated heterocycles. The molecule has 0 saturated carbocycles. The molecule has 0 fully saturated rings. The maximum absolute atomic E-state index is 13.3. The standard InChI is InChI=1S/C26H25BrN4O2.CH2O2/c27-20-10-6-19-15-22(13-9-18(19)14-20)31-26(33)23(16-4-2-1-3-5-16)25(32)30-21-11-7-17(8-12-21)24(28)29;2-1-3/h1-8,10-12,14,22-23H,9,13,15H2,(H3,28,29)(H,30,32)(H,31,33);1H,(H,2,3)/t22-,23?;/m0./s1. The lowest BCUT2D eigenvalue weighted by Gasteiger charge is -2.27. The molecule has 0 radical (unpaired) electrons. The van der Waals surface area contributed by atoms with Crippen molar-refractivity contribution in [1.29, 1.82) is 5.41 Å². The Balaban J connectivity index is 0.00000115. The summed E-state index contributed by atoms with van der Waals surface area (Å²) in [4.78, 5) is 34.9. The van der Waals surface area contributed by atoms with Gasteiger partial charge in [0.1, 0.15) is 11.8 Å². The fourth-order valence-electron chi connectivity index (χ4n) is 4.15. The normalized spacial score (nSPS) is 14.8. The molecule has 0 heterocycles. The van der Waals surface area contributed by atoms with Crippen molar-refractivity contribution in [3.8, 4) is 0 Å². The zero-order chi connectivity index (χ0) is 26.1. The van der Waals surface area contributed by atoms with Gasteiger partial charge in [-0.25, -0.2) is 0 Å². The molecule has 3 aromatic carbocycles. The molecule has 3 aromatic rings. The van der Waals surface area contributed by atoms with Crippen LogP contribution in [0.25, 0.3) is 0 Å². The molecule has 9 heteroatoms. The third-order valence-corrected chi connectivity index (χ3v) is 6.36. The van der Waals surface area contributed by atoms with Crippen LogP contribution in [0.4, 0.5) is 5.69 Å². The molecular formula is C27H27BrN4O4. The number of nitrogens with two attached hydrogens (primary N) is 1. The Labute approximate surface area is 217 Å². The van der Waals surface area contributed by atoms with Crippen molar-refractivity contribution >= 4 is 45.7 Å². The molecule has 186 valence electrons. The second-order valence-electron chi connectivity index (χ2n) is 8.29. The number of carbonyl (C=O) groups is 3. The van der Waals surface area contributed by atoms with Gasteiger partial charge in [0.05, 0.1) is 0 Å². The first-order valence-electron chi connectivity index (χ1n) is 11.3. The van der Waals surface area contributed by atoms with Gasteiger partial charge in [0, 0.05) is 21.8 Å². The number of amidine groups is 1. The summed E-state index contributed by atoms with van der Waals surface area (Å²) in [5.41, 5.74) is 9.75. The first-order valence-corrected chi connectivity index (χ1v) is 12.1. The highest BCUT2D eigenvalue weighted by Gasteiger charge is 2.31. The van der Waals surface area contributed by atoms with Crippen molar-refractivity contribution < 1.29 is 19.5 Å². The van der Waals surface area contributed by atoms with E-state index in [2.05, 4.69) is 38.7 Å². The lowest BCUT2D eigenvalue weighted by atomic mass is 9.87. The number of benzene rings is 3. The maximum atomic E-state index is 13.3. The number of nitrogens with one attached hydrogen (secondary N) is 3. The number of amides is 2. The van der Waals surface area contributed by atoms with Crippen molar-refractivity contribution in [3.63, 3.8) is 0 Å². The third kappa shape index (κ3) is 7.02. The van der Waals surface area contributed by atoms with Gasteiger partial charge in [-0.2, -0.15) is 0 Å². The van der Waals surface area contributed by atoms with Crippen molar-refractivity contribution in [2.45, 2.75) is 31.2 Å². The summed E-state index contributed by atoms with van der Waals surface area (Å²) in [5, 5.41) is 20.3. The van der Waals surface area contributed by atoms with Crippen LogP contribution in [0.3, 0.4) is 0 Å². The number of carbonyl (C=O) groups excluding carboxylic acids is 2. The Morgan fingerprint density at radius 2 is 1.69 bits per heavy atom. The Kier molecular flexibility index (Phi) is 9.35. The van der Waals surface area contributed by atoms with E-state index < -0.39 is 11.8 Å². The van der Waals surface area contributed by atoms with Gasteiger partial charge in [-0.05, 0) is 72.4 Å². The Hall–Kier alpha value is -3.98. The van der Waals surface area contributed by atoms with Crippen molar-refractivity contribution in [3.05, 3.63) is 99.5 Å². The van der Waals surface area contributed by atoms with Gasteiger partial charge in [-0.15, -0.1) is 0 Å². The molecular weight excluding hydrogens is 524 g/mol. The van der Waals surface area contributed by atoms with Gasteiger partial charge in [0.15, 0.2) is 0 Å². The summed E-state index contributed by atoms with van der Waals surface area (Å²) in [5.74, 6) is -1.75. The second-order valence-corrected chi connectivity index (χ2v) is 9.21. The molecule has 2 atom stereocenters. The Morgan fingerprint density at radius 3 is 2.33 bits per heavy atom. The van der Waals surface area contributed by atoms with Crippen LogP contribution < -0.4 is 16.4 Å². The summed E-state index contributed by atoms with van der Waals surface area (Å²) in [6.07, 6.45) is 2.44. The molecule has 6 N–H and O–H groups in total. The van der Waals surface area contributed by atoms with Gasteiger partial charge >= 0.3 is 0 Å². The van der Waals surface area contributed by atoms with E-state index in [4.69, 9.17) is 21.0 Å². The fourth-order valence-corrected chi connectivity index (χ4v) is 4.55. The van der Waals surface area contributed by atoms with Gasteiger partial charge < -0.3 is 21.5 Å². The molecule has 0 bridgehead atoms. The van der Waals surface area contributed by atoms with Gasteiger partial charge in [0.2, 0.25) is 11.8 Å². The van der Waals surface area contributed by atoms with E-state index >= 15 is 0 Å². The van der Waals surface area contributed by atoms with E-state index in [1.807, 2.05) is 24.3 Å². The Morgan fingerprint density at radius 1 is 1.03 bits per heavy atom. The number of hydrogen-bond acceptors (Lipinski definition) is 4. The van der Waals surface area contributed by atoms with Crippen LogP contribution in [-0.2, 0) is 27.2 Å². The monoisotopic (exact) mass is 550 g/mol. The second kappa shape index (κ2) is 12.6. The molecule has 2 amide bonds. The molecule has 0 aromatic heterocycles. The SMILES string of the molecule is N=C(N)c1ccc(NC(=O)C(C(=O)N[C@H]2CCc3cc(Br)ccc3C2)c2ccccc2)cc1.O=CO. The summed E-state index contributed by atoms with van der Waals surface area (Å²) in [6.45, 7) is -0.250. The van der Waals surface area contributed by atoms with E-state index in [0.717, 1.165) is 23.7 Å². The van der Waals surface area contributed by atoms with E-state index in [0.29, 0.717) is 16.8 Å². The average molecular weight is 551 g/mol. The minimum absolute atomic E-state index is 0.0277. The predicted octanol–water partition coefficient (Wildman–Crippen LogP) is 3.83. The molecule has 1 aliphatic rings. The van der Waals surface area contributed by atoms with Crippen molar-refractivity contribution in [2.75, 3.05) is 5.32 Å². The van der Waals surface area contributed by atoms with E-state index in [-0.39, 0.29) is 24.3 Å². The van der Waals surface area contributed by atoms with Crippen molar-refractivity contribution in [2.24, 2.45) is 5.73 Å². The molecule has 36 heavy (non-hydrogen) atoms. The average Bonchev–Trinajstić information content (AvgIpc) is 2.86. The van der Waals surface area contributed by atoms with Crippen LogP contribution in [0.15, 0.2) is 77.3 Å². The highest BCUT2D eigenvalue weighted by atomic mass is 79.9. The number of hydrogen-bond donors (Lipinski definition) is 5. The number of halogens is 1. The maximum Gasteiger partial charge on any atom is 0.290 e. The largest absolute Gasteiger partial charge is 0.483 e. The number of nitrogen functional groups attached to an aromatic ring is 1. The third-order valence-electron chi connectivity index (χ3n) is 5.86. The summed E-state index contributed by atoms with van der Waals surface area (Å²) in [7, 11) is 0. The van der Waals surface area contributed by atoms with Gasteiger partial charge in [0.25, 0.3) is 6.47 Å². The Bertz CT molecular complexity index is 1230. The predicted molar refractivity (Wildman–Crippen MR) is 142 cm³/mol. The number of carboxylic acid groups (broad SMARTS) is 1. The van der Waals surface area contributed by atoms with E-state index in [1.165, 1.54) is 11.1 Å². The van der Waals surface area contributed by atoms with E-state index in [1.54, 1.807) is 36.4 Å². The minimum atomic E-state index is -0.981. The molecule has 0 aliphatic heterocycles. The summed E-state index contributed by atoms with van der Waals surface area (Å²) < 4.78 is 1.06. The van der Waals surface area contributed by atoms with Crippen LogP contribution in [0.1, 0.15) is 34.6 Å². The minimum Gasteiger partial charge on any atom is -0.483 e. The van der Waals surface area contributed by atoms with Crippen LogP contribution in [0.2, 0.25) is 0 Å². The molecule has 0 spiro atoms. The zero-order valence-electron chi connectivity index (χ0n) is 19.4. The lowest BCUT2D eigenvalue weighted by molar-refractivity contribution is -0.129. The van der Waals surface area contributed by atoms with Crippen LogP contribution >= 0.6 is 15.9 Å². The summed E-state index contributed by atoms with van der Waals surface area (Å²) in [6, 6.07) is 21.9. The highest BCUT2D eigenvalue weighted by Crippen LogP contribution is 2.26. The first-order chi connectivity index (χ1) is 17.3. The number of aryl methyl sites for hydroxylation is 1. The number of anilines is 1. The van der Waals surface area contributed by atoms with Gasteiger partial charge in [-0.1, -0.05) is 52.3 Å². The molecule has 4 rings (SSSR count). The topological polar surface area (TPSA) is 145 Å². The number of rotatable bonds is 6. The summed E-state index contributed by atoms with van der Waals surface area (Å²) >= 11 is 3.51. The lowest BCUT2D eigenvalue weighted by Crippen LogP contribution is -2.44. The zero-order valence-corrected chi connectivity index (χ0v) is 21.0. The van der Waals surface area contributed by atoms with Crippen LogP contribution in [0, 0.1) is 5.41 Å². The molecule has 1 unspecified atom stereocenters. The highest BCUT2D eigenvalue weighted by molar-refractivity contribution is 9.10. The van der Waals surface area contributed by atoms with E-state index in [9.17, 15) is 9.59 Å². The molecule has 1 aliphatic carbocycles. The van der Waals surface area contributed by atoms with Crippen LogP contribution in [0.5, 0.6) is 0 Å². The van der Waals surface area contributed by atoms with Gasteiger partial charge in [-0.3, -0.25) is 19.8 Å². The smallest absolute Gasteiger partial charge is 0.290 e.